The van der Waals surface area contributed by atoms with Crippen molar-refractivity contribution in [1.29, 1.82) is 5.26 Å². The number of aromatic nitrogens is 2. The Hall–Kier alpha value is -6.08. The van der Waals surface area contributed by atoms with E-state index in [1.807, 2.05) is 0 Å². The van der Waals surface area contributed by atoms with Gasteiger partial charge >= 0.3 is 0 Å². The second-order valence-corrected chi connectivity index (χ2v) is 18.3. The molecule has 2 saturated carbocycles. The summed E-state index contributed by atoms with van der Waals surface area (Å²) in [6.07, 6.45) is 6.92. The van der Waals surface area contributed by atoms with Gasteiger partial charge in [0.2, 0.25) is 11.8 Å². The van der Waals surface area contributed by atoms with Crippen molar-refractivity contribution in [1.82, 2.24) is 30.4 Å². The molecule has 0 spiro atoms. The molecule has 8 rings (SSSR count). The molecular formula is C46H54N8O8. The number of nitrogens with one attached hydrogen (secondary N) is 2. The molecule has 62 heavy (non-hydrogen) atoms. The number of fused-ring (bicyclic) bond motifs is 1. The number of carbonyl (C=O) groups is 5. The average molecular weight is 847 g/mol. The van der Waals surface area contributed by atoms with Crippen molar-refractivity contribution < 1.29 is 38.2 Å². The maximum atomic E-state index is 13.5. The van der Waals surface area contributed by atoms with E-state index in [1.165, 1.54) is 7.11 Å². The number of hydrogen-bond donors (Lipinski definition) is 2. The van der Waals surface area contributed by atoms with Gasteiger partial charge in [-0.1, -0.05) is 34.6 Å². The number of nitrogens with zero attached hydrogens (tertiary/aromatic N) is 6. The van der Waals surface area contributed by atoms with E-state index in [9.17, 15) is 29.2 Å². The zero-order chi connectivity index (χ0) is 44.1. The second-order valence-electron chi connectivity index (χ2n) is 18.3. The first kappa shape index (κ1) is 42.6. The summed E-state index contributed by atoms with van der Waals surface area (Å²) in [6, 6.07) is 11.3. The molecule has 2 saturated heterocycles. The van der Waals surface area contributed by atoms with E-state index < -0.39 is 40.5 Å². The Morgan fingerprint density at radius 1 is 0.935 bits per heavy atom. The van der Waals surface area contributed by atoms with Crippen molar-refractivity contribution in [3.8, 4) is 23.3 Å². The molecule has 0 bridgehead atoms. The number of hydrogen-bond acceptors (Lipinski definition) is 13. The van der Waals surface area contributed by atoms with Gasteiger partial charge in [-0.3, -0.25) is 34.2 Å². The van der Waals surface area contributed by atoms with Gasteiger partial charge in [-0.25, -0.2) is 9.97 Å². The number of rotatable bonds is 13. The van der Waals surface area contributed by atoms with Gasteiger partial charge in [-0.05, 0) is 62.1 Å². The fourth-order valence-electron chi connectivity index (χ4n) is 10.4. The molecule has 1 atom stereocenters. The van der Waals surface area contributed by atoms with E-state index in [4.69, 9.17) is 14.2 Å². The number of benzene rings is 2. The first-order valence-corrected chi connectivity index (χ1v) is 21.5. The van der Waals surface area contributed by atoms with Crippen LogP contribution < -0.4 is 29.7 Å². The maximum absolute atomic E-state index is 13.5. The molecule has 0 radical (unpaired) electrons. The lowest BCUT2D eigenvalue weighted by Crippen LogP contribution is -2.74. The van der Waals surface area contributed by atoms with Crippen LogP contribution >= 0.6 is 0 Å². The van der Waals surface area contributed by atoms with Crippen LogP contribution in [0.4, 0.5) is 5.82 Å². The summed E-state index contributed by atoms with van der Waals surface area (Å²) in [7, 11) is 1.52. The normalized spacial score (nSPS) is 25.3. The van der Waals surface area contributed by atoms with Crippen molar-refractivity contribution >= 4 is 35.4 Å². The van der Waals surface area contributed by atoms with Crippen LogP contribution in [-0.2, 0) is 9.59 Å². The van der Waals surface area contributed by atoms with Crippen LogP contribution in [0.2, 0.25) is 0 Å². The topological polar surface area (TPSA) is 196 Å². The third-order valence-corrected chi connectivity index (χ3v) is 13.7. The van der Waals surface area contributed by atoms with Gasteiger partial charge in [0.25, 0.3) is 17.7 Å². The summed E-state index contributed by atoms with van der Waals surface area (Å²) in [5.74, 6) is 0.436. The van der Waals surface area contributed by atoms with Gasteiger partial charge in [-0.2, -0.15) is 5.26 Å². The van der Waals surface area contributed by atoms with Gasteiger partial charge in [0.15, 0.2) is 0 Å². The molecule has 2 aliphatic carbocycles. The highest BCUT2D eigenvalue weighted by Crippen LogP contribution is 2.55. The van der Waals surface area contributed by atoms with E-state index in [1.54, 1.807) is 48.8 Å². The van der Waals surface area contributed by atoms with Crippen molar-refractivity contribution in [2.24, 2.45) is 16.7 Å². The lowest BCUT2D eigenvalue weighted by atomic mass is 9.49. The second kappa shape index (κ2) is 16.7. The van der Waals surface area contributed by atoms with Crippen LogP contribution in [0.5, 0.6) is 17.2 Å². The summed E-state index contributed by atoms with van der Waals surface area (Å²) in [4.78, 5) is 78.7. The molecule has 3 aromatic rings. The quantitative estimate of drug-likeness (QED) is 0.228. The first-order chi connectivity index (χ1) is 29.6. The summed E-state index contributed by atoms with van der Waals surface area (Å²) >= 11 is 0. The molecule has 4 heterocycles. The Morgan fingerprint density at radius 2 is 1.63 bits per heavy atom. The molecule has 16 heteroatoms. The van der Waals surface area contributed by atoms with Crippen LogP contribution in [-0.4, -0.2) is 113 Å². The highest BCUT2D eigenvalue weighted by atomic mass is 16.5. The van der Waals surface area contributed by atoms with Crippen LogP contribution in [0.1, 0.15) is 110 Å². The standard InChI is InChI=1S/C46H54N8O8/c1-7-52(28-18-31(19-28)61-29-10-11-32-33(20-29)42(59)54(41(32)58)35-12-13-38(55)50-40(35)57)25-26-14-16-53(17-15-26)37-24-48-34(23-49-37)39(56)51-43-45(2,3)44(46(43,4)5)62-30-9-8-27(22-47)36(21-30)60-6/h8-11,20-21,23-24,26,28,31,35,43-44H,7,12-19,25H2,1-6H3,(H,51,56)(H,50,55,57). The van der Waals surface area contributed by atoms with Crippen LogP contribution in [0.25, 0.3) is 0 Å². The van der Waals surface area contributed by atoms with Crippen LogP contribution in [0, 0.1) is 28.1 Å². The lowest BCUT2D eigenvalue weighted by Gasteiger charge is -2.63. The van der Waals surface area contributed by atoms with Gasteiger partial charge < -0.3 is 29.3 Å². The minimum atomic E-state index is -1.00. The Kier molecular flexibility index (Phi) is 11.4. The maximum Gasteiger partial charge on any atom is 0.271 e. The zero-order valence-electron chi connectivity index (χ0n) is 36.1. The predicted octanol–water partition coefficient (Wildman–Crippen LogP) is 4.52. The van der Waals surface area contributed by atoms with Crippen molar-refractivity contribution in [3.63, 3.8) is 0 Å². The average Bonchev–Trinajstić information content (AvgIpc) is 3.49. The van der Waals surface area contributed by atoms with Gasteiger partial charge in [0.05, 0.1) is 36.2 Å². The lowest BCUT2D eigenvalue weighted by molar-refractivity contribution is -0.164. The van der Waals surface area contributed by atoms with E-state index in [2.05, 4.69) is 71.1 Å². The van der Waals surface area contributed by atoms with Gasteiger partial charge in [0.1, 0.15) is 53.1 Å². The molecule has 3 aliphatic heterocycles. The summed E-state index contributed by atoms with van der Waals surface area (Å²) in [5.41, 5.74) is 0.333. The molecule has 16 nitrogen and oxygen atoms in total. The van der Waals surface area contributed by atoms with E-state index in [-0.39, 0.29) is 53.8 Å². The van der Waals surface area contributed by atoms with Gasteiger partial charge in [0, 0.05) is 67.9 Å². The third-order valence-electron chi connectivity index (χ3n) is 13.7. The van der Waals surface area contributed by atoms with Crippen LogP contribution in [0.15, 0.2) is 48.8 Å². The molecule has 5 amide bonds. The smallest absolute Gasteiger partial charge is 0.271 e. The van der Waals surface area contributed by atoms with E-state index >= 15 is 0 Å². The molecule has 5 aliphatic rings. The molecule has 4 fully saturated rings. The number of piperidine rings is 2. The Bertz CT molecular complexity index is 2300. The highest BCUT2D eigenvalue weighted by Gasteiger charge is 2.64. The minimum absolute atomic E-state index is 0.0150. The first-order valence-electron chi connectivity index (χ1n) is 21.5. The number of ether oxygens (including phenoxy) is 3. The minimum Gasteiger partial charge on any atom is -0.495 e. The number of amides is 5. The van der Waals surface area contributed by atoms with E-state index in [0.29, 0.717) is 34.8 Å². The highest BCUT2D eigenvalue weighted by molar-refractivity contribution is 6.23. The number of anilines is 1. The Labute approximate surface area is 361 Å². The SMILES string of the molecule is CCN(CC1CCN(c2cnc(C(=O)NC3C(C)(C)C(Oc4ccc(C#N)c(OC)c4)C3(C)C)cn2)CC1)C1CC(Oc2ccc3c(c2)C(=O)N(C2CCC(=O)NC2=O)C3=O)C1. The van der Waals surface area contributed by atoms with Crippen molar-refractivity contribution in [2.75, 3.05) is 38.2 Å². The molecule has 326 valence electrons. The van der Waals surface area contributed by atoms with Crippen molar-refractivity contribution in [2.45, 2.75) is 103 Å². The molecule has 2 N–H and O–H groups in total. The summed E-state index contributed by atoms with van der Waals surface area (Å²) in [5, 5.41) is 14.8. The Balaban J connectivity index is 0.783. The molecular weight excluding hydrogens is 793 g/mol. The summed E-state index contributed by atoms with van der Waals surface area (Å²) in [6.45, 7) is 14.1. The number of methoxy groups -OCH3 is 1. The Morgan fingerprint density at radius 3 is 2.27 bits per heavy atom. The third kappa shape index (κ3) is 7.82. The number of imide groups is 2. The molecule has 2 aromatic carbocycles. The fraction of sp³-hybridized carbons (Fsp3) is 0.522. The number of carbonyl (C=O) groups excluding carboxylic acids is 5. The fourth-order valence-corrected chi connectivity index (χ4v) is 10.4. The largest absolute Gasteiger partial charge is 0.495 e. The molecule has 1 unspecified atom stereocenters. The van der Waals surface area contributed by atoms with Crippen LogP contribution in [0.3, 0.4) is 0 Å². The monoisotopic (exact) mass is 846 g/mol. The van der Waals surface area contributed by atoms with E-state index in [0.717, 1.165) is 62.6 Å². The molecule has 1 aromatic heterocycles. The van der Waals surface area contributed by atoms with Gasteiger partial charge in [-0.15, -0.1) is 0 Å². The van der Waals surface area contributed by atoms with Crippen molar-refractivity contribution in [3.05, 3.63) is 71.2 Å². The predicted molar refractivity (Wildman–Crippen MR) is 226 cm³/mol. The number of nitriles is 1. The zero-order valence-corrected chi connectivity index (χ0v) is 36.1. The summed E-state index contributed by atoms with van der Waals surface area (Å²) < 4.78 is 18.1.